The topological polar surface area (TPSA) is 23.5 Å². The number of hydrogen-bond donors (Lipinski definition) is 1. The Labute approximate surface area is 132 Å². The maximum Gasteiger partial charge on any atom is 0.125 e. The van der Waals surface area contributed by atoms with Gasteiger partial charge in [0.2, 0.25) is 0 Å². The third-order valence-corrected chi connectivity index (χ3v) is 4.80. The molecule has 2 nitrogen and oxygen atoms in total. The van der Waals surface area contributed by atoms with Gasteiger partial charge in [-0.05, 0) is 49.2 Å². The zero-order valence-corrected chi connectivity index (χ0v) is 12.8. The summed E-state index contributed by atoms with van der Waals surface area (Å²) in [4.78, 5) is 3.76. The van der Waals surface area contributed by atoms with E-state index in [1.54, 1.807) is 12.1 Å². The predicted molar refractivity (Wildman–Crippen MR) is 84.4 cm³/mol. The molecule has 2 aromatic carbocycles. The minimum Gasteiger partial charge on any atom is -0.393 e. The van der Waals surface area contributed by atoms with Crippen molar-refractivity contribution in [2.24, 2.45) is 0 Å². The molecule has 0 atom stereocenters. The van der Waals surface area contributed by atoms with Crippen LogP contribution in [0.25, 0.3) is 0 Å². The molecule has 0 aromatic heterocycles. The lowest BCUT2D eigenvalue weighted by molar-refractivity contribution is 0.145. The van der Waals surface area contributed by atoms with Gasteiger partial charge in [0.05, 0.1) is 11.8 Å². The molecular formula is C17H17F2NOS. The highest BCUT2D eigenvalue weighted by molar-refractivity contribution is 7.99. The van der Waals surface area contributed by atoms with Gasteiger partial charge in [-0.15, -0.1) is 0 Å². The van der Waals surface area contributed by atoms with Gasteiger partial charge >= 0.3 is 0 Å². The molecule has 2 aromatic rings. The van der Waals surface area contributed by atoms with Crippen molar-refractivity contribution in [3.8, 4) is 0 Å². The summed E-state index contributed by atoms with van der Waals surface area (Å²) in [5.41, 5.74) is 0.807. The minimum atomic E-state index is -0.287. The number of aliphatic hydroxyl groups excluding tert-OH is 1. The Morgan fingerprint density at radius 2 is 1.73 bits per heavy atom. The summed E-state index contributed by atoms with van der Waals surface area (Å²) in [5, 5.41) is 9.62. The first-order valence-electron chi connectivity index (χ1n) is 7.28. The van der Waals surface area contributed by atoms with Gasteiger partial charge < -0.3 is 10.0 Å². The number of hydrogen-bond acceptors (Lipinski definition) is 3. The average molecular weight is 321 g/mol. The third kappa shape index (κ3) is 3.59. The van der Waals surface area contributed by atoms with Crippen LogP contribution in [0.15, 0.2) is 52.3 Å². The molecule has 1 N–H and O–H groups in total. The molecule has 0 radical (unpaired) electrons. The second-order valence-corrected chi connectivity index (χ2v) is 6.51. The molecule has 1 fully saturated rings. The van der Waals surface area contributed by atoms with E-state index < -0.39 is 0 Å². The van der Waals surface area contributed by atoms with E-state index in [9.17, 15) is 13.9 Å². The molecule has 1 heterocycles. The molecule has 116 valence electrons. The summed E-state index contributed by atoms with van der Waals surface area (Å²) in [5.74, 6) is -0.570. The van der Waals surface area contributed by atoms with Crippen molar-refractivity contribution < 1.29 is 13.9 Å². The molecule has 22 heavy (non-hydrogen) atoms. The molecule has 0 unspecified atom stereocenters. The Morgan fingerprint density at radius 3 is 2.45 bits per heavy atom. The zero-order valence-electron chi connectivity index (χ0n) is 12.0. The number of benzene rings is 2. The highest BCUT2D eigenvalue weighted by Gasteiger charge is 2.20. The predicted octanol–water partition coefficient (Wildman–Crippen LogP) is 4.08. The Kier molecular flexibility index (Phi) is 4.64. The van der Waals surface area contributed by atoms with Gasteiger partial charge in [0.25, 0.3) is 0 Å². The van der Waals surface area contributed by atoms with E-state index >= 15 is 0 Å². The molecule has 1 aliphatic heterocycles. The first-order valence-corrected chi connectivity index (χ1v) is 8.09. The van der Waals surface area contributed by atoms with Gasteiger partial charge in [0.1, 0.15) is 11.6 Å². The highest BCUT2D eigenvalue weighted by atomic mass is 32.2. The van der Waals surface area contributed by atoms with Gasteiger partial charge in [-0.2, -0.15) is 0 Å². The van der Waals surface area contributed by atoms with E-state index in [0.717, 1.165) is 15.5 Å². The number of nitrogens with zero attached hydrogens (tertiary/aromatic N) is 1. The molecule has 0 saturated carbocycles. The summed E-state index contributed by atoms with van der Waals surface area (Å²) in [6.45, 7) is 1.39. The van der Waals surface area contributed by atoms with E-state index in [1.165, 1.54) is 36.0 Å². The van der Waals surface area contributed by atoms with Crippen molar-refractivity contribution >= 4 is 17.4 Å². The van der Waals surface area contributed by atoms with E-state index in [1.807, 2.05) is 6.07 Å². The van der Waals surface area contributed by atoms with Gasteiger partial charge in [-0.25, -0.2) is 8.78 Å². The molecular weight excluding hydrogens is 304 g/mol. The van der Waals surface area contributed by atoms with Crippen LogP contribution in [0.5, 0.6) is 0 Å². The number of halogens is 2. The van der Waals surface area contributed by atoms with Crippen LogP contribution in [0.4, 0.5) is 14.5 Å². The lowest BCUT2D eigenvalue weighted by atomic mass is 10.1. The van der Waals surface area contributed by atoms with Crippen molar-refractivity contribution in [3.05, 3.63) is 54.1 Å². The monoisotopic (exact) mass is 321 g/mol. The Balaban J connectivity index is 1.87. The fraction of sp³-hybridized carbons (Fsp3) is 0.294. The fourth-order valence-corrected chi connectivity index (χ4v) is 3.59. The second-order valence-electron chi connectivity index (χ2n) is 5.39. The van der Waals surface area contributed by atoms with E-state index in [0.29, 0.717) is 25.9 Å². The van der Waals surface area contributed by atoms with Crippen molar-refractivity contribution in [1.29, 1.82) is 0 Å². The number of aliphatic hydroxyl groups is 1. The van der Waals surface area contributed by atoms with Crippen molar-refractivity contribution in [1.82, 2.24) is 0 Å². The van der Waals surface area contributed by atoms with Crippen LogP contribution in [0.3, 0.4) is 0 Å². The maximum absolute atomic E-state index is 13.6. The Hall–Kier alpha value is -1.59. The van der Waals surface area contributed by atoms with Gasteiger partial charge in [0.15, 0.2) is 0 Å². The largest absolute Gasteiger partial charge is 0.393 e. The van der Waals surface area contributed by atoms with E-state index in [-0.39, 0.29) is 17.7 Å². The van der Waals surface area contributed by atoms with Crippen LogP contribution in [-0.2, 0) is 0 Å². The average Bonchev–Trinajstić information content (AvgIpc) is 2.50. The standard InChI is InChI=1S/C17H17F2NOS/c18-12-2-1-3-15(10-12)22-17-5-4-13(19)11-16(17)20-8-6-14(21)7-9-20/h1-5,10-11,14,21H,6-9H2. The van der Waals surface area contributed by atoms with Gasteiger partial charge in [-0.1, -0.05) is 17.8 Å². The lowest BCUT2D eigenvalue weighted by Gasteiger charge is -2.32. The normalized spacial score (nSPS) is 16.0. The number of piperidine rings is 1. The first kappa shape index (κ1) is 15.3. The van der Waals surface area contributed by atoms with Crippen LogP contribution in [0, 0.1) is 11.6 Å². The molecule has 3 rings (SSSR count). The summed E-state index contributed by atoms with van der Waals surface area (Å²) in [6.07, 6.45) is 1.09. The molecule has 0 bridgehead atoms. The number of rotatable bonds is 3. The van der Waals surface area contributed by atoms with Crippen LogP contribution in [0.2, 0.25) is 0 Å². The lowest BCUT2D eigenvalue weighted by Crippen LogP contribution is -2.36. The van der Waals surface area contributed by atoms with Crippen LogP contribution in [0.1, 0.15) is 12.8 Å². The maximum atomic E-state index is 13.6. The Bertz CT molecular complexity index is 657. The van der Waals surface area contributed by atoms with Gasteiger partial charge in [0, 0.05) is 22.9 Å². The highest BCUT2D eigenvalue weighted by Crippen LogP contribution is 2.37. The second kappa shape index (κ2) is 6.67. The summed E-state index contributed by atoms with van der Waals surface area (Å²) >= 11 is 1.42. The van der Waals surface area contributed by atoms with Crippen LogP contribution < -0.4 is 4.90 Å². The van der Waals surface area contributed by atoms with Crippen LogP contribution >= 0.6 is 11.8 Å². The van der Waals surface area contributed by atoms with Crippen molar-refractivity contribution in [2.75, 3.05) is 18.0 Å². The molecule has 0 spiro atoms. The SMILES string of the molecule is OC1CCN(c2cc(F)ccc2Sc2cccc(F)c2)CC1. The molecule has 0 amide bonds. The number of anilines is 1. The zero-order chi connectivity index (χ0) is 15.5. The molecule has 1 saturated heterocycles. The van der Waals surface area contributed by atoms with Gasteiger partial charge in [-0.3, -0.25) is 0 Å². The summed E-state index contributed by atoms with van der Waals surface area (Å²) in [7, 11) is 0. The minimum absolute atomic E-state index is 0.274. The third-order valence-electron chi connectivity index (χ3n) is 3.75. The molecule has 1 aliphatic rings. The quantitative estimate of drug-likeness (QED) is 0.921. The molecule has 5 heteroatoms. The Morgan fingerprint density at radius 1 is 1.00 bits per heavy atom. The first-order chi connectivity index (χ1) is 10.6. The molecule has 0 aliphatic carbocycles. The summed E-state index contributed by atoms with van der Waals surface area (Å²) in [6, 6.07) is 11.0. The van der Waals surface area contributed by atoms with E-state index in [4.69, 9.17) is 0 Å². The summed E-state index contributed by atoms with van der Waals surface area (Å²) < 4.78 is 27.0. The smallest absolute Gasteiger partial charge is 0.125 e. The van der Waals surface area contributed by atoms with E-state index in [2.05, 4.69) is 4.90 Å². The van der Waals surface area contributed by atoms with Crippen molar-refractivity contribution in [2.45, 2.75) is 28.7 Å². The van der Waals surface area contributed by atoms with Crippen LogP contribution in [-0.4, -0.2) is 24.3 Å². The fourth-order valence-electron chi connectivity index (χ4n) is 2.59. The van der Waals surface area contributed by atoms with Crippen molar-refractivity contribution in [3.63, 3.8) is 0 Å².